The summed E-state index contributed by atoms with van der Waals surface area (Å²) < 4.78 is 5.12. The van der Waals surface area contributed by atoms with E-state index in [0.29, 0.717) is 5.76 Å². The molecule has 1 aliphatic heterocycles. The Balaban J connectivity index is 1.45. The zero-order valence-corrected chi connectivity index (χ0v) is 13.9. The molecule has 23 heavy (non-hydrogen) atoms. The van der Waals surface area contributed by atoms with Gasteiger partial charge in [-0.15, -0.1) is 11.3 Å². The minimum atomic E-state index is -0.799. The van der Waals surface area contributed by atoms with Gasteiger partial charge in [-0.1, -0.05) is 0 Å². The van der Waals surface area contributed by atoms with Crippen LogP contribution in [-0.4, -0.2) is 35.6 Å². The van der Waals surface area contributed by atoms with Gasteiger partial charge in [-0.25, -0.2) is 4.98 Å². The maximum Gasteiger partial charge on any atom is 0.223 e. The molecule has 1 aliphatic rings. The zero-order valence-electron chi connectivity index (χ0n) is 13.1. The van der Waals surface area contributed by atoms with E-state index in [1.165, 1.54) is 6.26 Å². The van der Waals surface area contributed by atoms with E-state index in [2.05, 4.69) is 15.2 Å². The van der Waals surface area contributed by atoms with Crippen molar-refractivity contribution < 1.29 is 14.3 Å². The van der Waals surface area contributed by atoms with Gasteiger partial charge < -0.3 is 19.7 Å². The van der Waals surface area contributed by atoms with Crippen LogP contribution >= 0.6 is 11.3 Å². The van der Waals surface area contributed by atoms with Crippen molar-refractivity contribution in [2.75, 3.05) is 24.5 Å². The van der Waals surface area contributed by atoms with Crippen LogP contribution in [0.5, 0.6) is 0 Å². The Kier molecular flexibility index (Phi) is 4.97. The van der Waals surface area contributed by atoms with Crippen LogP contribution in [0.15, 0.2) is 28.2 Å². The van der Waals surface area contributed by atoms with E-state index in [0.717, 1.165) is 36.8 Å². The van der Waals surface area contributed by atoms with Crippen LogP contribution in [0.3, 0.4) is 0 Å². The molecule has 2 aromatic heterocycles. The highest BCUT2D eigenvalue weighted by Gasteiger charge is 2.26. The number of aliphatic hydroxyl groups is 1. The zero-order chi connectivity index (χ0) is 16.2. The number of piperidine rings is 1. The fraction of sp³-hybridized carbons (Fsp3) is 0.500. The number of nitrogens with zero attached hydrogens (tertiary/aromatic N) is 2. The number of amides is 1. The first-order valence-electron chi connectivity index (χ1n) is 7.79. The highest BCUT2D eigenvalue weighted by Crippen LogP contribution is 2.26. The molecule has 1 atom stereocenters. The van der Waals surface area contributed by atoms with Crippen molar-refractivity contribution in [3.63, 3.8) is 0 Å². The molecule has 0 bridgehead atoms. The molecule has 0 aliphatic carbocycles. The topological polar surface area (TPSA) is 78.6 Å². The average Bonchev–Trinajstić information content (AvgIpc) is 3.24. The van der Waals surface area contributed by atoms with E-state index in [1.54, 1.807) is 23.5 Å². The maximum atomic E-state index is 12.2. The van der Waals surface area contributed by atoms with Crippen LogP contribution in [0.25, 0.3) is 0 Å². The number of carbonyl (C=O) groups is 1. The SMILES string of the molecule is Cc1csc(N2CCC(C(=O)NCC(O)c3ccco3)CC2)n1. The summed E-state index contributed by atoms with van der Waals surface area (Å²) in [5, 5.41) is 15.8. The number of carbonyl (C=O) groups excluding carboxylic acids is 1. The van der Waals surface area contributed by atoms with E-state index in [-0.39, 0.29) is 18.4 Å². The molecule has 1 unspecified atom stereocenters. The number of aliphatic hydroxyl groups excluding tert-OH is 1. The van der Waals surface area contributed by atoms with Crippen molar-refractivity contribution in [1.82, 2.24) is 10.3 Å². The minimum absolute atomic E-state index is 0.00360. The molecule has 2 N–H and O–H groups in total. The minimum Gasteiger partial charge on any atom is -0.467 e. The number of rotatable bonds is 5. The van der Waals surface area contributed by atoms with Crippen molar-refractivity contribution >= 4 is 22.4 Å². The molecular weight excluding hydrogens is 314 g/mol. The van der Waals surface area contributed by atoms with Gasteiger partial charge in [0.2, 0.25) is 5.91 Å². The second-order valence-electron chi connectivity index (χ2n) is 5.81. The van der Waals surface area contributed by atoms with Crippen LogP contribution in [0, 0.1) is 12.8 Å². The fourth-order valence-corrected chi connectivity index (χ4v) is 3.60. The van der Waals surface area contributed by atoms with Crippen molar-refractivity contribution in [1.29, 1.82) is 0 Å². The monoisotopic (exact) mass is 335 g/mol. The summed E-state index contributed by atoms with van der Waals surface area (Å²) in [6, 6.07) is 3.42. The molecule has 3 heterocycles. The van der Waals surface area contributed by atoms with Crippen LogP contribution in [0.4, 0.5) is 5.13 Å². The van der Waals surface area contributed by atoms with Gasteiger partial charge in [-0.3, -0.25) is 4.79 Å². The number of nitrogens with one attached hydrogen (secondary N) is 1. The van der Waals surface area contributed by atoms with Gasteiger partial charge in [0.05, 0.1) is 18.5 Å². The maximum absolute atomic E-state index is 12.2. The van der Waals surface area contributed by atoms with E-state index >= 15 is 0 Å². The smallest absolute Gasteiger partial charge is 0.223 e. The highest BCUT2D eigenvalue weighted by atomic mass is 32.1. The number of aryl methyl sites for hydroxylation is 1. The Morgan fingerprint density at radius 1 is 1.57 bits per heavy atom. The molecule has 1 amide bonds. The van der Waals surface area contributed by atoms with Crippen LogP contribution in [-0.2, 0) is 4.79 Å². The third-order valence-electron chi connectivity index (χ3n) is 4.08. The van der Waals surface area contributed by atoms with Crippen molar-refractivity contribution in [2.45, 2.75) is 25.9 Å². The molecule has 1 fully saturated rings. The number of anilines is 1. The van der Waals surface area contributed by atoms with Gasteiger partial charge in [0.1, 0.15) is 11.9 Å². The molecule has 2 aromatic rings. The first-order chi connectivity index (χ1) is 11.1. The summed E-state index contributed by atoms with van der Waals surface area (Å²) >= 11 is 1.65. The first-order valence-corrected chi connectivity index (χ1v) is 8.67. The summed E-state index contributed by atoms with van der Waals surface area (Å²) in [6.07, 6.45) is 2.33. The summed E-state index contributed by atoms with van der Waals surface area (Å²) in [5.41, 5.74) is 1.04. The summed E-state index contributed by atoms with van der Waals surface area (Å²) in [7, 11) is 0. The van der Waals surface area contributed by atoms with Crippen LogP contribution in [0.2, 0.25) is 0 Å². The van der Waals surface area contributed by atoms with Gasteiger partial charge in [0.25, 0.3) is 0 Å². The van der Waals surface area contributed by atoms with E-state index in [4.69, 9.17) is 4.42 Å². The lowest BCUT2D eigenvalue weighted by atomic mass is 9.96. The van der Waals surface area contributed by atoms with E-state index in [9.17, 15) is 9.90 Å². The number of hydrogen-bond acceptors (Lipinski definition) is 6. The Labute approximate surface area is 139 Å². The number of thiazole rings is 1. The molecule has 1 saturated heterocycles. The molecule has 0 aromatic carbocycles. The first kappa shape index (κ1) is 16.0. The highest BCUT2D eigenvalue weighted by molar-refractivity contribution is 7.13. The molecule has 0 radical (unpaired) electrons. The lowest BCUT2D eigenvalue weighted by Crippen LogP contribution is -2.41. The molecule has 0 saturated carbocycles. The normalized spacial score (nSPS) is 17.2. The van der Waals surface area contributed by atoms with Crippen LogP contribution < -0.4 is 10.2 Å². The molecular formula is C16H21N3O3S. The second kappa shape index (κ2) is 7.14. The van der Waals surface area contributed by atoms with Gasteiger partial charge in [-0.2, -0.15) is 0 Å². The molecule has 3 rings (SSSR count). The number of hydrogen-bond donors (Lipinski definition) is 2. The quantitative estimate of drug-likeness (QED) is 0.875. The van der Waals surface area contributed by atoms with Gasteiger partial charge in [-0.05, 0) is 31.9 Å². The predicted molar refractivity (Wildman–Crippen MR) is 88.5 cm³/mol. The lowest BCUT2D eigenvalue weighted by molar-refractivity contribution is -0.126. The van der Waals surface area contributed by atoms with Gasteiger partial charge in [0.15, 0.2) is 5.13 Å². The van der Waals surface area contributed by atoms with Crippen molar-refractivity contribution in [3.05, 3.63) is 35.2 Å². The largest absolute Gasteiger partial charge is 0.467 e. The summed E-state index contributed by atoms with van der Waals surface area (Å²) in [5.74, 6) is 0.473. The summed E-state index contributed by atoms with van der Waals surface area (Å²) in [4.78, 5) is 19.0. The number of aromatic nitrogens is 1. The third kappa shape index (κ3) is 3.92. The average molecular weight is 335 g/mol. The van der Waals surface area contributed by atoms with Crippen molar-refractivity contribution in [3.8, 4) is 0 Å². The molecule has 7 heteroatoms. The van der Waals surface area contributed by atoms with Crippen molar-refractivity contribution in [2.24, 2.45) is 5.92 Å². The third-order valence-corrected chi connectivity index (χ3v) is 5.10. The standard InChI is InChI=1S/C16H21N3O3S/c1-11-10-23-16(18-11)19-6-4-12(5-7-19)15(21)17-9-13(20)14-3-2-8-22-14/h2-3,8,10,12-13,20H,4-7,9H2,1H3,(H,17,21). The van der Waals surface area contributed by atoms with E-state index < -0.39 is 6.10 Å². The molecule has 6 nitrogen and oxygen atoms in total. The molecule has 0 spiro atoms. The lowest BCUT2D eigenvalue weighted by Gasteiger charge is -2.31. The summed E-state index contributed by atoms with van der Waals surface area (Å²) in [6.45, 7) is 3.85. The van der Waals surface area contributed by atoms with Gasteiger partial charge in [0, 0.05) is 24.4 Å². The van der Waals surface area contributed by atoms with E-state index in [1.807, 2.05) is 12.3 Å². The Morgan fingerprint density at radius 3 is 2.96 bits per heavy atom. The molecule has 124 valence electrons. The Bertz CT molecular complexity index is 633. The van der Waals surface area contributed by atoms with Gasteiger partial charge >= 0.3 is 0 Å². The second-order valence-corrected chi connectivity index (χ2v) is 6.65. The Morgan fingerprint density at radius 2 is 2.35 bits per heavy atom. The fourth-order valence-electron chi connectivity index (χ4n) is 2.74. The predicted octanol–water partition coefficient (Wildman–Crippen LogP) is 2.11. The number of furan rings is 1. The Hall–Kier alpha value is -1.86. The van der Waals surface area contributed by atoms with Crippen LogP contribution in [0.1, 0.15) is 30.4 Å².